The molecule has 2 N–H and O–H groups in total. The second kappa shape index (κ2) is 11.3. The molecule has 0 spiro atoms. The van der Waals surface area contributed by atoms with Crippen LogP contribution < -0.4 is 16.2 Å². The van der Waals surface area contributed by atoms with Gasteiger partial charge in [0.05, 0.1) is 11.3 Å². The zero-order chi connectivity index (χ0) is 27.8. The highest BCUT2D eigenvalue weighted by Gasteiger charge is 2.25. The Morgan fingerprint density at radius 1 is 0.976 bits per heavy atom. The number of fused-ring (bicyclic) bond motifs is 1. The average Bonchev–Trinajstić information content (AvgIpc) is 3.86. The van der Waals surface area contributed by atoms with E-state index in [0.29, 0.717) is 41.5 Å². The van der Waals surface area contributed by atoms with Crippen molar-refractivity contribution in [3.63, 3.8) is 0 Å². The molecule has 3 aliphatic rings. The molecule has 8 nitrogen and oxygen atoms in total. The smallest absolute Gasteiger partial charge is 0.261 e. The number of aryl methyl sites for hydroxylation is 1. The zero-order valence-electron chi connectivity index (χ0n) is 23.7. The van der Waals surface area contributed by atoms with Crippen molar-refractivity contribution in [3.8, 4) is 11.3 Å². The molecule has 1 atom stereocenters. The summed E-state index contributed by atoms with van der Waals surface area (Å²) >= 11 is 0. The highest BCUT2D eigenvalue weighted by molar-refractivity contribution is 5.81. The second-order valence-electron chi connectivity index (χ2n) is 12.0. The highest BCUT2D eigenvalue weighted by atomic mass is 16.5. The summed E-state index contributed by atoms with van der Waals surface area (Å²) in [6.07, 6.45) is 10.5. The third-order valence-corrected chi connectivity index (χ3v) is 8.95. The Labute approximate surface area is 240 Å². The van der Waals surface area contributed by atoms with Gasteiger partial charge in [-0.05, 0) is 105 Å². The third kappa shape index (κ3) is 5.63. The number of rotatable bonds is 7. The van der Waals surface area contributed by atoms with E-state index in [1.807, 2.05) is 23.0 Å². The van der Waals surface area contributed by atoms with Crippen molar-refractivity contribution in [1.82, 2.24) is 24.8 Å². The second-order valence-corrected chi connectivity index (χ2v) is 12.0. The van der Waals surface area contributed by atoms with Gasteiger partial charge in [0, 0.05) is 49.8 Å². The van der Waals surface area contributed by atoms with Crippen LogP contribution in [0.4, 0.5) is 11.6 Å². The van der Waals surface area contributed by atoms with Crippen LogP contribution in [-0.2, 0) is 11.3 Å². The normalized spacial score (nSPS) is 19.9. The van der Waals surface area contributed by atoms with Gasteiger partial charge in [-0.3, -0.25) is 14.3 Å². The van der Waals surface area contributed by atoms with E-state index in [1.54, 1.807) is 0 Å². The van der Waals surface area contributed by atoms with Gasteiger partial charge in [-0.25, -0.2) is 4.98 Å². The lowest BCUT2D eigenvalue weighted by Crippen LogP contribution is -2.29. The zero-order valence-corrected chi connectivity index (χ0v) is 23.7. The number of ether oxygens (including phenoxy) is 1. The van der Waals surface area contributed by atoms with E-state index >= 15 is 0 Å². The minimum Gasteiger partial charge on any atom is -0.381 e. The largest absolute Gasteiger partial charge is 0.381 e. The summed E-state index contributed by atoms with van der Waals surface area (Å²) in [7, 11) is 0. The molecule has 1 saturated carbocycles. The van der Waals surface area contributed by atoms with E-state index in [2.05, 4.69) is 52.9 Å². The Morgan fingerprint density at radius 2 is 1.80 bits per heavy atom. The summed E-state index contributed by atoms with van der Waals surface area (Å²) in [6, 6.07) is 12.7. The van der Waals surface area contributed by atoms with Crippen LogP contribution in [0.15, 0.2) is 53.6 Å². The molecule has 1 aliphatic carbocycles. The predicted molar refractivity (Wildman–Crippen MR) is 162 cm³/mol. The molecule has 7 rings (SSSR count). The molecule has 0 bridgehead atoms. The van der Waals surface area contributed by atoms with Gasteiger partial charge in [-0.1, -0.05) is 18.2 Å². The first-order chi connectivity index (χ1) is 20.1. The molecule has 41 heavy (non-hydrogen) atoms. The molecule has 2 aliphatic heterocycles. The summed E-state index contributed by atoms with van der Waals surface area (Å²) in [5.74, 6) is 2.03. The van der Waals surface area contributed by atoms with Crippen molar-refractivity contribution in [2.24, 2.45) is 5.92 Å². The van der Waals surface area contributed by atoms with Crippen molar-refractivity contribution in [1.29, 1.82) is 0 Å². The van der Waals surface area contributed by atoms with E-state index in [-0.39, 0.29) is 5.56 Å². The number of hydrogen-bond donors (Lipinski definition) is 2. The molecule has 0 radical (unpaired) electrons. The van der Waals surface area contributed by atoms with Gasteiger partial charge in [-0.2, -0.15) is 4.98 Å². The molecular weight excluding hydrogens is 512 g/mol. The van der Waals surface area contributed by atoms with Crippen molar-refractivity contribution < 1.29 is 4.74 Å². The van der Waals surface area contributed by atoms with Crippen molar-refractivity contribution in [2.45, 2.75) is 63.8 Å². The van der Waals surface area contributed by atoms with Crippen LogP contribution in [0.1, 0.15) is 67.1 Å². The molecule has 4 aromatic rings. The molecule has 3 fully saturated rings. The lowest BCUT2D eigenvalue weighted by Gasteiger charge is -2.24. The standard InChI is InChI=1S/C33H38N6O2/c1-21-15-26(24-4-5-24)18-35-30(21)29-16-27-19-36-33(37-28-8-6-23(7-9-28)25-3-2-12-34-17-25)38-31(27)39(32(29)40)20-22-10-13-41-14-11-22/h6-9,15-16,18-19,22,24-25,34H,2-5,10-14,17,20H2,1H3,(H,36,37,38). The maximum Gasteiger partial charge on any atom is 0.261 e. The van der Waals surface area contributed by atoms with Crippen LogP contribution in [0.3, 0.4) is 0 Å². The molecule has 3 aromatic heterocycles. The Morgan fingerprint density at radius 3 is 2.54 bits per heavy atom. The van der Waals surface area contributed by atoms with Gasteiger partial charge >= 0.3 is 0 Å². The number of aromatic nitrogens is 4. The number of nitrogens with zero attached hydrogens (tertiary/aromatic N) is 4. The maximum absolute atomic E-state index is 14.1. The van der Waals surface area contributed by atoms with Gasteiger partial charge in [0.2, 0.25) is 5.95 Å². The molecule has 2 saturated heterocycles. The Bertz CT molecular complexity index is 1600. The molecular formula is C33H38N6O2. The first-order valence-electron chi connectivity index (χ1n) is 15.2. The Kier molecular flexibility index (Phi) is 7.27. The van der Waals surface area contributed by atoms with Crippen molar-refractivity contribution in [3.05, 3.63) is 75.8 Å². The Balaban J connectivity index is 1.23. The van der Waals surface area contributed by atoms with Crippen LogP contribution in [0, 0.1) is 12.8 Å². The van der Waals surface area contributed by atoms with E-state index < -0.39 is 0 Å². The van der Waals surface area contributed by atoms with Crippen LogP contribution in [0.25, 0.3) is 22.3 Å². The summed E-state index contributed by atoms with van der Waals surface area (Å²) in [4.78, 5) is 28.4. The Hall–Kier alpha value is -3.62. The number of hydrogen-bond acceptors (Lipinski definition) is 7. The third-order valence-electron chi connectivity index (χ3n) is 8.95. The van der Waals surface area contributed by atoms with Gasteiger partial charge in [-0.15, -0.1) is 0 Å². The molecule has 8 heteroatoms. The van der Waals surface area contributed by atoms with Crippen LogP contribution in [-0.4, -0.2) is 45.8 Å². The molecule has 5 heterocycles. The van der Waals surface area contributed by atoms with Crippen molar-refractivity contribution >= 4 is 22.7 Å². The molecule has 212 valence electrons. The summed E-state index contributed by atoms with van der Waals surface area (Å²) in [6.45, 7) is 6.27. The molecule has 1 aromatic carbocycles. The fourth-order valence-electron chi connectivity index (χ4n) is 6.37. The monoisotopic (exact) mass is 550 g/mol. The fraction of sp³-hybridized carbons (Fsp3) is 0.455. The van der Waals surface area contributed by atoms with E-state index in [9.17, 15) is 4.79 Å². The van der Waals surface area contributed by atoms with Gasteiger partial charge < -0.3 is 15.4 Å². The van der Waals surface area contributed by atoms with Gasteiger partial charge in [0.25, 0.3) is 5.56 Å². The maximum atomic E-state index is 14.1. The van der Waals surface area contributed by atoms with Crippen LogP contribution in [0.5, 0.6) is 0 Å². The number of anilines is 2. The first-order valence-corrected chi connectivity index (χ1v) is 15.2. The molecule has 1 unspecified atom stereocenters. The minimum atomic E-state index is -0.0474. The lowest BCUT2D eigenvalue weighted by atomic mass is 9.92. The van der Waals surface area contributed by atoms with E-state index in [4.69, 9.17) is 14.7 Å². The first kappa shape index (κ1) is 26.3. The topological polar surface area (TPSA) is 94.0 Å². The predicted octanol–water partition coefficient (Wildman–Crippen LogP) is 5.68. The van der Waals surface area contributed by atoms with Crippen LogP contribution in [0.2, 0.25) is 0 Å². The van der Waals surface area contributed by atoms with Gasteiger partial charge in [0.1, 0.15) is 5.65 Å². The number of piperidine rings is 1. The number of pyridine rings is 2. The quantitative estimate of drug-likeness (QED) is 0.306. The average molecular weight is 551 g/mol. The fourth-order valence-corrected chi connectivity index (χ4v) is 6.37. The van der Waals surface area contributed by atoms with Crippen molar-refractivity contribution in [2.75, 3.05) is 31.6 Å². The SMILES string of the molecule is Cc1cc(C2CC2)cnc1-c1cc2cnc(Nc3ccc(C4CCCNC4)cc3)nc2n(CC2CCOCC2)c1=O. The lowest BCUT2D eigenvalue weighted by molar-refractivity contribution is 0.0613. The van der Waals surface area contributed by atoms with Gasteiger partial charge in [0.15, 0.2) is 0 Å². The van der Waals surface area contributed by atoms with Crippen LogP contribution >= 0.6 is 0 Å². The molecule has 0 amide bonds. The summed E-state index contributed by atoms with van der Waals surface area (Å²) in [5, 5.41) is 7.70. The highest BCUT2D eigenvalue weighted by Crippen LogP contribution is 2.40. The number of benzene rings is 1. The number of nitrogens with one attached hydrogen (secondary N) is 2. The summed E-state index contributed by atoms with van der Waals surface area (Å²) in [5.41, 5.74) is 6.57. The minimum absolute atomic E-state index is 0.0474. The summed E-state index contributed by atoms with van der Waals surface area (Å²) < 4.78 is 7.45. The van der Waals surface area contributed by atoms with E-state index in [0.717, 1.165) is 61.5 Å². The van der Waals surface area contributed by atoms with E-state index in [1.165, 1.54) is 36.8 Å².